The topological polar surface area (TPSA) is 81.1 Å². The van der Waals surface area contributed by atoms with Crippen LogP contribution in [0.15, 0.2) is 6.20 Å². The molecular formula is C12H17F2N3O2. The molecule has 3 N–H and O–H groups in total. The first-order valence-corrected chi connectivity index (χ1v) is 6.31. The van der Waals surface area contributed by atoms with Gasteiger partial charge in [0.05, 0.1) is 11.6 Å². The molecule has 1 fully saturated rings. The quantitative estimate of drug-likeness (QED) is 0.882. The zero-order chi connectivity index (χ0) is 14.0. The minimum absolute atomic E-state index is 0.00854. The van der Waals surface area contributed by atoms with Gasteiger partial charge in [-0.05, 0) is 31.6 Å². The molecule has 7 heteroatoms. The van der Waals surface area contributed by atoms with Gasteiger partial charge in [-0.25, -0.2) is 8.78 Å². The molecule has 0 bridgehead atoms. The van der Waals surface area contributed by atoms with Crippen molar-refractivity contribution in [2.24, 2.45) is 11.8 Å². The number of nitrogen functional groups attached to an aromatic ring is 1. The molecule has 0 amide bonds. The Bertz CT molecular complexity index is 454. The number of nitrogens with zero attached hydrogens (tertiary/aromatic N) is 2. The number of rotatable bonds is 4. The van der Waals surface area contributed by atoms with Gasteiger partial charge in [0.1, 0.15) is 0 Å². The summed E-state index contributed by atoms with van der Waals surface area (Å²) in [6.07, 6.45) is 1.59. The smallest absolute Gasteiger partial charge is 0.306 e. The standard InChI is InChI=1S/C12H17F2N3O2/c13-11(14)10-9(15)6-17(16-10)5-7-1-3-8(4-2-7)12(18)19/h6-8,11H,1-5,15H2,(H,18,19). The molecule has 0 radical (unpaired) electrons. The molecule has 1 aliphatic rings. The van der Waals surface area contributed by atoms with E-state index in [1.165, 1.54) is 10.9 Å². The number of hydrogen-bond acceptors (Lipinski definition) is 3. The molecule has 0 saturated heterocycles. The molecule has 5 nitrogen and oxygen atoms in total. The number of halogens is 2. The first kappa shape index (κ1) is 13.8. The molecule has 1 aliphatic carbocycles. The van der Waals surface area contributed by atoms with E-state index in [9.17, 15) is 13.6 Å². The second-order valence-electron chi connectivity index (χ2n) is 5.05. The zero-order valence-electron chi connectivity index (χ0n) is 10.4. The SMILES string of the molecule is Nc1cn(CC2CCC(C(=O)O)CC2)nc1C(F)F. The summed E-state index contributed by atoms with van der Waals surface area (Å²) >= 11 is 0. The number of carboxylic acid groups (broad SMARTS) is 1. The molecule has 1 aromatic rings. The van der Waals surface area contributed by atoms with Gasteiger partial charge in [-0.2, -0.15) is 5.10 Å². The third kappa shape index (κ3) is 3.21. The number of hydrogen-bond donors (Lipinski definition) is 2. The molecular weight excluding hydrogens is 256 g/mol. The largest absolute Gasteiger partial charge is 0.481 e. The molecule has 1 heterocycles. The van der Waals surface area contributed by atoms with E-state index in [1.54, 1.807) is 0 Å². The summed E-state index contributed by atoms with van der Waals surface area (Å²) in [4.78, 5) is 10.8. The fraction of sp³-hybridized carbons (Fsp3) is 0.667. The molecule has 0 aromatic carbocycles. The van der Waals surface area contributed by atoms with Gasteiger partial charge in [0, 0.05) is 12.7 Å². The summed E-state index contributed by atoms with van der Waals surface area (Å²) in [5, 5.41) is 12.7. The lowest BCUT2D eigenvalue weighted by molar-refractivity contribution is -0.143. The highest BCUT2D eigenvalue weighted by molar-refractivity contribution is 5.69. The number of alkyl halides is 2. The number of aliphatic carboxylic acids is 1. The highest BCUT2D eigenvalue weighted by Gasteiger charge is 2.26. The van der Waals surface area contributed by atoms with Crippen molar-refractivity contribution in [1.82, 2.24) is 9.78 Å². The van der Waals surface area contributed by atoms with Crippen LogP contribution < -0.4 is 5.73 Å². The second kappa shape index (κ2) is 5.54. The van der Waals surface area contributed by atoms with E-state index in [0.717, 1.165) is 12.8 Å². The van der Waals surface area contributed by atoms with Gasteiger partial charge >= 0.3 is 5.97 Å². The maximum atomic E-state index is 12.5. The van der Waals surface area contributed by atoms with Gasteiger partial charge < -0.3 is 10.8 Å². The fourth-order valence-corrected chi connectivity index (χ4v) is 2.57. The summed E-state index contributed by atoms with van der Waals surface area (Å²) in [5.41, 5.74) is 5.10. The monoisotopic (exact) mass is 273 g/mol. The Morgan fingerprint density at radius 3 is 2.58 bits per heavy atom. The summed E-state index contributed by atoms with van der Waals surface area (Å²) in [5.74, 6) is -0.738. The van der Waals surface area contributed by atoms with Crippen molar-refractivity contribution in [3.63, 3.8) is 0 Å². The van der Waals surface area contributed by atoms with Crippen LogP contribution in [0, 0.1) is 11.8 Å². The summed E-state index contributed by atoms with van der Waals surface area (Å²) in [6.45, 7) is 0.517. The summed E-state index contributed by atoms with van der Waals surface area (Å²) < 4.78 is 26.5. The number of anilines is 1. The van der Waals surface area contributed by atoms with Gasteiger partial charge in [0.15, 0.2) is 5.69 Å². The predicted molar refractivity (Wildman–Crippen MR) is 64.7 cm³/mol. The zero-order valence-corrected chi connectivity index (χ0v) is 10.4. The van der Waals surface area contributed by atoms with Crippen LogP contribution in [0.5, 0.6) is 0 Å². The number of carboxylic acids is 1. The summed E-state index contributed by atoms with van der Waals surface area (Å²) in [7, 11) is 0. The molecule has 1 aromatic heterocycles. The van der Waals surface area contributed by atoms with E-state index in [2.05, 4.69) is 5.10 Å². The summed E-state index contributed by atoms with van der Waals surface area (Å²) in [6, 6.07) is 0. The molecule has 2 rings (SSSR count). The Kier molecular flexibility index (Phi) is 4.01. The predicted octanol–water partition coefficient (Wildman–Crippen LogP) is 2.29. The van der Waals surface area contributed by atoms with Crippen molar-refractivity contribution in [3.05, 3.63) is 11.9 Å². The lowest BCUT2D eigenvalue weighted by atomic mass is 9.82. The van der Waals surface area contributed by atoms with Crippen LogP contribution in [-0.2, 0) is 11.3 Å². The minimum atomic E-state index is -2.66. The molecule has 1 saturated carbocycles. The van der Waals surface area contributed by atoms with Gasteiger partial charge in [0.2, 0.25) is 0 Å². The Hall–Kier alpha value is -1.66. The molecule has 0 aliphatic heterocycles. The average Bonchev–Trinajstić information content (AvgIpc) is 2.71. The average molecular weight is 273 g/mol. The second-order valence-corrected chi connectivity index (χ2v) is 5.05. The van der Waals surface area contributed by atoms with Crippen LogP contribution in [0.4, 0.5) is 14.5 Å². The van der Waals surface area contributed by atoms with Crippen LogP contribution in [-0.4, -0.2) is 20.9 Å². The van der Waals surface area contributed by atoms with Crippen LogP contribution >= 0.6 is 0 Å². The van der Waals surface area contributed by atoms with E-state index in [-0.39, 0.29) is 23.2 Å². The highest BCUT2D eigenvalue weighted by atomic mass is 19.3. The highest BCUT2D eigenvalue weighted by Crippen LogP contribution is 2.30. The third-order valence-corrected chi connectivity index (χ3v) is 3.67. The number of aromatic nitrogens is 2. The van der Waals surface area contributed by atoms with Gasteiger partial charge in [-0.15, -0.1) is 0 Å². The first-order valence-electron chi connectivity index (χ1n) is 6.31. The van der Waals surface area contributed by atoms with Crippen LogP contribution in [0.1, 0.15) is 37.8 Å². The lowest BCUT2D eigenvalue weighted by Gasteiger charge is -2.25. The molecule has 0 unspecified atom stereocenters. The van der Waals surface area contributed by atoms with E-state index in [0.29, 0.717) is 19.4 Å². The Morgan fingerprint density at radius 1 is 1.47 bits per heavy atom. The van der Waals surface area contributed by atoms with Crippen molar-refractivity contribution in [3.8, 4) is 0 Å². The van der Waals surface area contributed by atoms with Crippen LogP contribution in [0.2, 0.25) is 0 Å². The van der Waals surface area contributed by atoms with Crippen molar-refractivity contribution < 1.29 is 18.7 Å². The molecule has 0 spiro atoms. The Labute approximate surface area is 109 Å². The molecule has 0 atom stereocenters. The van der Waals surface area contributed by atoms with Crippen molar-refractivity contribution in [2.75, 3.05) is 5.73 Å². The Balaban J connectivity index is 1.92. The molecule has 19 heavy (non-hydrogen) atoms. The van der Waals surface area contributed by atoms with E-state index < -0.39 is 12.4 Å². The minimum Gasteiger partial charge on any atom is -0.481 e. The van der Waals surface area contributed by atoms with Gasteiger partial charge in [-0.1, -0.05) is 0 Å². The van der Waals surface area contributed by atoms with Gasteiger partial charge in [-0.3, -0.25) is 9.48 Å². The first-order chi connectivity index (χ1) is 8.97. The maximum absolute atomic E-state index is 12.5. The molecule has 106 valence electrons. The number of nitrogens with two attached hydrogens (primary N) is 1. The normalized spacial score (nSPS) is 23.7. The van der Waals surface area contributed by atoms with E-state index in [1.807, 2.05) is 0 Å². The van der Waals surface area contributed by atoms with Crippen LogP contribution in [0.3, 0.4) is 0 Å². The lowest BCUT2D eigenvalue weighted by Crippen LogP contribution is -2.24. The van der Waals surface area contributed by atoms with E-state index in [4.69, 9.17) is 10.8 Å². The van der Waals surface area contributed by atoms with Crippen molar-refractivity contribution >= 4 is 11.7 Å². The number of carbonyl (C=O) groups is 1. The van der Waals surface area contributed by atoms with Crippen LogP contribution in [0.25, 0.3) is 0 Å². The van der Waals surface area contributed by atoms with Gasteiger partial charge in [0.25, 0.3) is 6.43 Å². The Morgan fingerprint density at radius 2 is 2.11 bits per heavy atom. The van der Waals surface area contributed by atoms with E-state index >= 15 is 0 Å². The van der Waals surface area contributed by atoms with Crippen molar-refractivity contribution in [1.29, 1.82) is 0 Å². The fourth-order valence-electron chi connectivity index (χ4n) is 2.57. The maximum Gasteiger partial charge on any atom is 0.306 e. The third-order valence-electron chi connectivity index (χ3n) is 3.67. The van der Waals surface area contributed by atoms with Crippen molar-refractivity contribution in [2.45, 2.75) is 38.7 Å².